The number of carbonyl (C=O) groups is 2. The summed E-state index contributed by atoms with van der Waals surface area (Å²) in [5, 5.41) is 12.7. The number of nitrogens with one attached hydrogen (secondary N) is 1. The second-order valence-electron chi connectivity index (χ2n) is 5.95. The third kappa shape index (κ3) is 2.59. The SMILES string of the molecule is C=Cc1cccc2c1CN(C(=O)O)C2[C@H]1CN[C@H](C(=O)OC)C1. The molecule has 2 heterocycles. The molecule has 1 unspecified atom stereocenters. The van der Waals surface area contributed by atoms with Crippen LogP contribution in [0.1, 0.15) is 29.2 Å². The number of esters is 1. The van der Waals surface area contributed by atoms with E-state index in [2.05, 4.69) is 11.9 Å². The van der Waals surface area contributed by atoms with Crippen LogP contribution in [0.3, 0.4) is 0 Å². The van der Waals surface area contributed by atoms with Gasteiger partial charge in [0.25, 0.3) is 0 Å². The van der Waals surface area contributed by atoms with Crippen LogP contribution in [0.25, 0.3) is 6.08 Å². The highest BCUT2D eigenvalue weighted by Crippen LogP contribution is 2.43. The lowest BCUT2D eigenvalue weighted by Crippen LogP contribution is -2.33. The van der Waals surface area contributed by atoms with Gasteiger partial charge in [0.2, 0.25) is 0 Å². The van der Waals surface area contributed by atoms with Gasteiger partial charge in [-0.25, -0.2) is 4.79 Å². The Hall–Kier alpha value is -2.34. The van der Waals surface area contributed by atoms with E-state index in [1.165, 1.54) is 12.0 Å². The molecular formula is C17H20N2O4. The predicted octanol–water partition coefficient (Wildman–Crippen LogP) is 2.02. The van der Waals surface area contributed by atoms with E-state index < -0.39 is 6.09 Å². The Morgan fingerprint density at radius 1 is 1.48 bits per heavy atom. The van der Waals surface area contributed by atoms with Gasteiger partial charge in [-0.05, 0) is 29.0 Å². The zero-order valence-corrected chi connectivity index (χ0v) is 13.0. The first-order chi connectivity index (χ1) is 11.1. The van der Waals surface area contributed by atoms with E-state index in [0.29, 0.717) is 19.5 Å². The maximum Gasteiger partial charge on any atom is 0.408 e. The lowest BCUT2D eigenvalue weighted by molar-refractivity contribution is -0.142. The molecule has 6 nitrogen and oxygen atoms in total. The summed E-state index contributed by atoms with van der Waals surface area (Å²) in [6, 6.07) is 5.23. The summed E-state index contributed by atoms with van der Waals surface area (Å²) >= 11 is 0. The molecule has 1 aromatic carbocycles. The van der Waals surface area contributed by atoms with Crippen molar-refractivity contribution in [3.63, 3.8) is 0 Å². The molecule has 0 aromatic heterocycles. The predicted molar refractivity (Wildman–Crippen MR) is 84.8 cm³/mol. The molecule has 1 aromatic rings. The minimum Gasteiger partial charge on any atom is -0.468 e. The van der Waals surface area contributed by atoms with Crippen LogP contribution in [0, 0.1) is 5.92 Å². The fourth-order valence-corrected chi connectivity index (χ4v) is 3.73. The second kappa shape index (κ2) is 6.04. The zero-order chi connectivity index (χ0) is 16.6. The number of amides is 1. The van der Waals surface area contributed by atoms with Crippen molar-refractivity contribution in [1.82, 2.24) is 10.2 Å². The molecule has 2 aliphatic rings. The average molecular weight is 316 g/mol. The third-order valence-electron chi connectivity index (χ3n) is 4.79. The summed E-state index contributed by atoms with van der Waals surface area (Å²) in [7, 11) is 1.36. The molecule has 122 valence electrons. The van der Waals surface area contributed by atoms with Crippen LogP contribution < -0.4 is 5.32 Å². The number of methoxy groups -OCH3 is 1. The summed E-state index contributed by atoms with van der Waals surface area (Å²) in [5.41, 5.74) is 2.99. The molecule has 0 aliphatic carbocycles. The van der Waals surface area contributed by atoms with Crippen LogP contribution in [0.5, 0.6) is 0 Å². The number of hydrogen-bond acceptors (Lipinski definition) is 4. The molecule has 0 radical (unpaired) electrons. The molecule has 23 heavy (non-hydrogen) atoms. The van der Waals surface area contributed by atoms with E-state index in [1.807, 2.05) is 18.2 Å². The second-order valence-corrected chi connectivity index (χ2v) is 5.95. The standard InChI is InChI=1S/C17H20N2O4/c1-3-10-5-4-6-12-13(10)9-19(17(21)22)15(12)11-7-14(18-8-11)16(20)23-2/h3-6,11,14-15,18H,1,7-9H2,2H3,(H,21,22)/t11-,14+,15?/m1/s1. The molecule has 3 rings (SSSR count). The largest absolute Gasteiger partial charge is 0.468 e. The van der Waals surface area contributed by atoms with Gasteiger partial charge >= 0.3 is 12.1 Å². The van der Waals surface area contributed by atoms with Gasteiger partial charge in [-0.2, -0.15) is 0 Å². The van der Waals surface area contributed by atoms with Crippen molar-refractivity contribution in [2.75, 3.05) is 13.7 Å². The fourth-order valence-electron chi connectivity index (χ4n) is 3.73. The average Bonchev–Trinajstić information content (AvgIpc) is 3.17. The van der Waals surface area contributed by atoms with Gasteiger partial charge < -0.3 is 15.2 Å². The van der Waals surface area contributed by atoms with Gasteiger partial charge in [-0.1, -0.05) is 30.9 Å². The van der Waals surface area contributed by atoms with Crippen molar-refractivity contribution in [3.8, 4) is 0 Å². The minimum atomic E-state index is -0.942. The van der Waals surface area contributed by atoms with E-state index in [0.717, 1.165) is 16.7 Å². The Balaban J connectivity index is 1.93. The van der Waals surface area contributed by atoms with E-state index in [-0.39, 0.29) is 24.0 Å². The molecule has 2 N–H and O–H groups in total. The van der Waals surface area contributed by atoms with Crippen LogP contribution in [0.15, 0.2) is 24.8 Å². The van der Waals surface area contributed by atoms with Crippen molar-refractivity contribution in [1.29, 1.82) is 0 Å². The summed E-state index contributed by atoms with van der Waals surface area (Å²) < 4.78 is 4.78. The lowest BCUT2D eigenvalue weighted by atomic mass is 9.89. The van der Waals surface area contributed by atoms with Gasteiger partial charge in [0.1, 0.15) is 6.04 Å². The molecule has 1 fully saturated rings. The first-order valence-corrected chi connectivity index (χ1v) is 7.61. The number of carboxylic acid groups (broad SMARTS) is 1. The molecule has 1 saturated heterocycles. The van der Waals surface area contributed by atoms with Gasteiger partial charge in [0.15, 0.2) is 0 Å². The summed E-state index contributed by atoms with van der Waals surface area (Å²) in [6.45, 7) is 4.76. The Morgan fingerprint density at radius 3 is 2.91 bits per heavy atom. The highest BCUT2D eigenvalue weighted by atomic mass is 16.5. The van der Waals surface area contributed by atoms with Gasteiger partial charge in [0.05, 0.1) is 19.7 Å². The number of nitrogens with zero attached hydrogens (tertiary/aromatic N) is 1. The van der Waals surface area contributed by atoms with Crippen molar-refractivity contribution in [2.24, 2.45) is 5.92 Å². The van der Waals surface area contributed by atoms with Gasteiger partial charge in [0, 0.05) is 6.54 Å². The quantitative estimate of drug-likeness (QED) is 0.834. The summed E-state index contributed by atoms with van der Waals surface area (Å²) in [6.07, 6.45) is 1.38. The molecule has 6 heteroatoms. The Morgan fingerprint density at radius 2 is 2.26 bits per heavy atom. The number of hydrogen-bond donors (Lipinski definition) is 2. The molecular weight excluding hydrogens is 296 g/mol. The summed E-state index contributed by atoms with van der Waals surface area (Å²) in [5.74, 6) is -0.260. The Labute approximate surface area is 134 Å². The number of benzene rings is 1. The Kier molecular flexibility index (Phi) is 4.09. The topological polar surface area (TPSA) is 78.9 Å². The molecule has 1 amide bonds. The lowest BCUT2D eigenvalue weighted by Gasteiger charge is -2.27. The number of fused-ring (bicyclic) bond motifs is 1. The zero-order valence-electron chi connectivity index (χ0n) is 13.0. The van der Waals surface area contributed by atoms with Crippen LogP contribution in [-0.2, 0) is 16.1 Å². The molecule has 3 atom stereocenters. The first-order valence-electron chi connectivity index (χ1n) is 7.61. The highest BCUT2D eigenvalue weighted by Gasteiger charge is 2.43. The monoisotopic (exact) mass is 316 g/mol. The maximum absolute atomic E-state index is 11.7. The highest BCUT2D eigenvalue weighted by molar-refractivity contribution is 5.76. The van der Waals surface area contributed by atoms with Crippen molar-refractivity contribution < 1.29 is 19.4 Å². The summed E-state index contributed by atoms with van der Waals surface area (Å²) in [4.78, 5) is 24.9. The minimum absolute atomic E-state index is 0.0384. The van der Waals surface area contributed by atoms with E-state index in [9.17, 15) is 14.7 Å². The fraction of sp³-hybridized carbons (Fsp3) is 0.412. The molecule has 0 bridgehead atoms. The van der Waals surface area contributed by atoms with E-state index >= 15 is 0 Å². The molecule has 0 spiro atoms. The van der Waals surface area contributed by atoms with Crippen LogP contribution >= 0.6 is 0 Å². The number of carbonyl (C=O) groups excluding carboxylic acids is 1. The van der Waals surface area contributed by atoms with Crippen LogP contribution in [0.2, 0.25) is 0 Å². The smallest absolute Gasteiger partial charge is 0.408 e. The maximum atomic E-state index is 11.7. The van der Waals surface area contributed by atoms with Gasteiger partial charge in [-0.3, -0.25) is 9.69 Å². The van der Waals surface area contributed by atoms with E-state index in [1.54, 1.807) is 6.08 Å². The van der Waals surface area contributed by atoms with E-state index in [4.69, 9.17) is 4.74 Å². The van der Waals surface area contributed by atoms with Crippen LogP contribution in [-0.4, -0.2) is 41.8 Å². The molecule has 2 aliphatic heterocycles. The number of rotatable bonds is 3. The normalized spacial score (nSPS) is 26.0. The molecule has 0 saturated carbocycles. The van der Waals surface area contributed by atoms with Crippen molar-refractivity contribution in [3.05, 3.63) is 41.5 Å². The first kappa shape index (κ1) is 15.6. The van der Waals surface area contributed by atoms with Crippen LogP contribution in [0.4, 0.5) is 4.79 Å². The third-order valence-corrected chi connectivity index (χ3v) is 4.79. The number of ether oxygens (including phenoxy) is 1. The van der Waals surface area contributed by atoms with Gasteiger partial charge in [-0.15, -0.1) is 0 Å². The Bertz CT molecular complexity index is 658. The van der Waals surface area contributed by atoms with Crippen molar-refractivity contribution >= 4 is 18.1 Å². The van der Waals surface area contributed by atoms with Crippen molar-refractivity contribution in [2.45, 2.75) is 25.0 Å².